The van der Waals surface area contributed by atoms with E-state index in [1.807, 2.05) is 0 Å². The van der Waals surface area contributed by atoms with Crippen LogP contribution in [0.25, 0.3) is 0 Å². The molecule has 1 aromatic heterocycles. The zero-order chi connectivity index (χ0) is 12.2. The molecule has 7 heteroatoms. The van der Waals surface area contributed by atoms with Crippen LogP contribution in [-0.4, -0.2) is 29.5 Å². The zero-order valence-corrected chi connectivity index (χ0v) is 9.79. The Labute approximate surface area is 92.9 Å². The minimum Gasteiger partial charge on any atom is -0.300 e. The van der Waals surface area contributed by atoms with Gasteiger partial charge in [-0.1, -0.05) is 6.92 Å². The van der Waals surface area contributed by atoms with E-state index < -0.39 is 21.1 Å². The molecule has 1 aromatic rings. The molecule has 0 atom stereocenters. The minimum absolute atomic E-state index is 0.0674. The van der Waals surface area contributed by atoms with Crippen molar-refractivity contribution in [1.29, 1.82) is 0 Å². The first-order valence-electron chi connectivity index (χ1n) is 4.95. The van der Waals surface area contributed by atoms with Crippen molar-refractivity contribution in [3.8, 4) is 0 Å². The largest absolute Gasteiger partial charge is 0.328 e. The normalized spacial score (nSPS) is 11.6. The number of nitrogens with zero attached hydrogens (tertiary/aromatic N) is 1. The molecule has 1 N–H and O–H groups in total. The van der Waals surface area contributed by atoms with Crippen LogP contribution in [0, 0.1) is 0 Å². The fourth-order valence-corrected chi connectivity index (χ4v) is 2.57. The van der Waals surface area contributed by atoms with Gasteiger partial charge in [-0.25, -0.2) is 13.2 Å². The molecular formula is C9H14N2O4S. The average Bonchev–Trinajstić information content (AvgIpc) is 2.16. The Hall–Kier alpha value is -1.37. The van der Waals surface area contributed by atoms with E-state index >= 15 is 0 Å². The predicted molar refractivity (Wildman–Crippen MR) is 60.3 cm³/mol. The molecule has 0 aliphatic carbocycles. The molecule has 0 radical (unpaired) electrons. The van der Waals surface area contributed by atoms with Gasteiger partial charge < -0.3 is 0 Å². The van der Waals surface area contributed by atoms with E-state index in [0.717, 1.165) is 0 Å². The third-order valence-electron chi connectivity index (χ3n) is 2.06. The molecule has 0 aliphatic heterocycles. The first-order chi connectivity index (χ1) is 7.44. The lowest BCUT2D eigenvalue weighted by molar-refractivity contribution is 0.584. The van der Waals surface area contributed by atoms with Crippen molar-refractivity contribution in [3.63, 3.8) is 0 Å². The molecule has 0 aliphatic rings. The van der Waals surface area contributed by atoms with Gasteiger partial charge in [0.2, 0.25) is 0 Å². The highest BCUT2D eigenvalue weighted by molar-refractivity contribution is 7.91. The summed E-state index contributed by atoms with van der Waals surface area (Å²) in [7, 11) is -3.11. The highest BCUT2D eigenvalue weighted by Crippen LogP contribution is 1.94. The van der Waals surface area contributed by atoms with Crippen LogP contribution in [0.15, 0.2) is 21.9 Å². The second kappa shape index (κ2) is 5.11. The zero-order valence-electron chi connectivity index (χ0n) is 8.97. The first-order valence-corrected chi connectivity index (χ1v) is 6.77. The Morgan fingerprint density at radius 3 is 2.56 bits per heavy atom. The fourth-order valence-electron chi connectivity index (χ4n) is 1.27. The van der Waals surface area contributed by atoms with Gasteiger partial charge in [-0.05, 0) is 6.42 Å². The van der Waals surface area contributed by atoms with Gasteiger partial charge in [0, 0.05) is 24.6 Å². The maximum atomic E-state index is 11.4. The topological polar surface area (TPSA) is 89.0 Å². The summed E-state index contributed by atoms with van der Waals surface area (Å²) in [4.78, 5) is 24.1. The summed E-state index contributed by atoms with van der Waals surface area (Å²) in [5.41, 5.74) is -1.07. The number of sulfone groups is 1. The predicted octanol–water partition coefficient (Wildman–Crippen LogP) is -0.639. The van der Waals surface area contributed by atoms with Crippen molar-refractivity contribution in [2.45, 2.75) is 19.9 Å². The number of hydrogen-bond donors (Lipinski definition) is 1. The number of aromatic nitrogens is 2. The quantitative estimate of drug-likeness (QED) is 0.748. The summed E-state index contributed by atoms with van der Waals surface area (Å²) < 4.78 is 24.0. The number of aryl methyl sites for hydroxylation is 1. The van der Waals surface area contributed by atoms with Crippen LogP contribution in [-0.2, 0) is 16.4 Å². The van der Waals surface area contributed by atoms with E-state index in [4.69, 9.17) is 0 Å². The van der Waals surface area contributed by atoms with Gasteiger partial charge in [0.25, 0.3) is 5.56 Å². The Bertz CT molecular complexity index is 555. The van der Waals surface area contributed by atoms with Crippen LogP contribution in [0.5, 0.6) is 0 Å². The molecule has 1 heterocycles. The Kier molecular flexibility index (Phi) is 4.05. The van der Waals surface area contributed by atoms with Gasteiger partial charge in [0.1, 0.15) is 0 Å². The van der Waals surface area contributed by atoms with Crippen molar-refractivity contribution in [3.05, 3.63) is 33.1 Å². The van der Waals surface area contributed by atoms with Crippen LogP contribution in [0.2, 0.25) is 0 Å². The molecule has 1 rings (SSSR count). The van der Waals surface area contributed by atoms with E-state index in [2.05, 4.69) is 4.98 Å². The molecule has 0 saturated heterocycles. The molecule has 90 valence electrons. The van der Waals surface area contributed by atoms with Crippen molar-refractivity contribution >= 4 is 9.84 Å². The second-order valence-corrected chi connectivity index (χ2v) is 5.76. The smallest absolute Gasteiger partial charge is 0.300 e. The SMILES string of the molecule is CCCS(=O)(=O)CCn1ccc(=O)[nH]c1=O. The maximum absolute atomic E-state index is 11.4. The van der Waals surface area contributed by atoms with Gasteiger partial charge in [-0.3, -0.25) is 14.3 Å². The Balaban J connectivity index is 2.76. The molecule has 16 heavy (non-hydrogen) atoms. The van der Waals surface area contributed by atoms with E-state index in [1.165, 1.54) is 16.8 Å². The Morgan fingerprint density at radius 2 is 2.00 bits per heavy atom. The lowest BCUT2D eigenvalue weighted by Gasteiger charge is -2.04. The van der Waals surface area contributed by atoms with Gasteiger partial charge in [0.05, 0.1) is 5.75 Å². The summed E-state index contributed by atoms with van der Waals surface area (Å²) in [6.07, 6.45) is 1.85. The molecule has 6 nitrogen and oxygen atoms in total. The van der Waals surface area contributed by atoms with Crippen molar-refractivity contribution in [1.82, 2.24) is 9.55 Å². The maximum Gasteiger partial charge on any atom is 0.328 e. The molecule has 0 fully saturated rings. The van der Waals surface area contributed by atoms with Gasteiger partial charge in [0.15, 0.2) is 9.84 Å². The minimum atomic E-state index is -3.11. The number of rotatable bonds is 5. The molecule has 0 unspecified atom stereocenters. The highest BCUT2D eigenvalue weighted by atomic mass is 32.2. The third-order valence-corrected chi connectivity index (χ3v) is 3.89. The molecule has 0 aromatic carbocycles. The first kappa shape index (κ1) is 12.7. The van der Waals surface area contributed by atoms with Crippen LogP contribution in [0.1, 0.15) is 13.3 Å². The number of H-pyrrole nitrogens is 1. The van der Waals surface area contributed by atoms with Crippen molar-refractivity contribution < 1.29 is 8.42 Å². The molecule has 0 bridgehead atoms. The average molecular weight is 246 g/mol. The van der Waals surface area contributed by atoms with Crippen LogP contribution in [0.4, 0.5) is 0 Å². The van der Waals surface area contributed by atoms with Gasteiger partial charge >= 0.3 is 5.69 Å². The molecule has 0 amide bonds. The molecule has 0 saturated carbocycles. The van der Waals surface area contributed by atoms with Gasteiger partial charge in [-0.15, -0.1) is 0 Å². The van der Waals surface area contributed by atoms with E-state index in [1.54, 1.807) is 6.92 Å². The number of aromatic amines is 1. The third kappa shape index (κ3) is 3.65. The summed E-state index contributed by atoms with van der Waals surface area (Å²) >= 11 is 0. The molecular weight excluding hydrogens is 232 g/mol. The van der Waals surface area contributed by atoms with E-state index in [0.29, 0.717) is 6.42 Å². The summed E-state index contributed by atoms with van der Waals surface area (Å²) in [5, 5.41) is 0. The van der Waals surface area contributed by atoms with E-state index in [9.17, 15) is 18.0 Å². The lowest BCUT2D eigenvalue weighted by Crippen LogP contribution is -2.30. The monoisotopic (exact) mass is 246 g/mol. The summed E-state index contributed by atoms with van der Waals surface area (Å²) in [5.74, 6) is 0.0257. The second-order valence-electron chi connectivity index (χ2n) is 3.46. The van der Waals surface area contributed by atoms with Crippen LogP contribution in [0.3, 0.4) is 0 Å². The summed E-state index contributed by atoms with van der Waals surface area (Å²) in [6, 6.07) is 1.19. The summed E-state index contributed by atoms with van der Waals surface area (Å²) in [6.45, 7) is 1.85. The van der Waals surface area contributed by atoms with Crippen LogP contribution >= 0.6 is 0 Å². The number of nitrogens with one attached hydrogen (secondary N) is 1. The molecule has 0 spiro atoms. The van der Waals surface area contributed by atoms with Crippen LogP contribution < -0.4 is 11.2 Å². The standard InChI is InChI=1S/C9H14N2O4S/c1-2-6-16(14,15)7-5-11-4-3-8(12)10-9(11)13/h3-4H,2,5-7H2,1H3,(H,10,12,13). The lowest BCUT2D eigenvalue weighted by atomic mass is 10.6. The van der Waals surface area contributed by atoms with Crippen molar-refractivity contribution in [2.24, 2.45) is 0 Å². The number of hydrogen-bond acceptors (Lipinski definition) is 4. The fraction of sp³-hybridized carbons (Fsp3) is 0.556. The van der Waals surface area contributed by atoms with Gasteiger partial charge in [-0.2, -0.15) is 0 Å². The highest BCUT2D eigenvalue weighted by Gasteiger charge is 2.09. The van der Waals surface area contributed by atoms with Crippen molar-refractivity contribution in [2.75, 3.05) is 11.5 Å². The van der Waals surface area contributed by atoms with E-state index in [-0.39, 0.29) is 18.1 Å². The Morgan fingerprint density at radius 1 is 1.31 bits per heavy atom.